The molecule has 1 aliphatic rings. The highest BCUT2D eigenvalue weighted by molar-refractivity contribution is 5.81. The fourth-order valence-electron chi connectivity index (χ4n) is 3.25. The molecule has 0 saturated heterocycles. The highest BCUT2D eigenvalue weighted by Crippen LogP contribution is 2.24. The Morgan fingerprint density at radius 3 is 2.75 bits per heavy atom. The topological polar surface area (TPSA) is 74.8 Å². The van der Waals surface area contributed by atoms with Crippen molar-refractivity contribution < 1.29 is 18.3 Å². The number of nitrogens with one attached hydrogen (secondary N) is 3. The van der Waals surface area contributed by atoms with E-state index in [1.165, 1.54) is 6.07 Å². The molecule has 1 aliphatic carbocycles. The first-order valence-electron chi connectivity index (χ1n) is 9.74. The Labute approximate surface area is 165 Å². The molecule has 0 aliphatic heterocycles. The number of nitrogens with zero attached hydrogens (tertiary/aromatic N) is 1. The highest BCUT2D eigenvalue weighted by atomic mass is 19.2. The molecule has 6 nitrogen and oxygen atoms in total. The number of ether oxygens (including phenoxy) is 1. The van der Waals surface area contributed by atoms with Gasteiger partial charge in [-0.2, -0.15) is 0 Å². The minimum atomic E-state index is -0.934. The van der Waals surface area contributed by atoms with Gasteiger partial charge >= 0.3 is 0 Å². The van der Waals surface area contributed by atoms with Gasteiger partial charge in [0.15, 0.2) is 17.6 Å². The maximum absolute atomic E-state index is 13.2. The molecule has 1 fully saturated rings. The second-order valence-corrected chi connectivity index (χ2v) is 7.29. The lowest BCUT2D eigenvalue weighted by Gasteiger charge is -2.30. The fourth-order valence-corrected chi connectivity index (χ4v) is 3.25. The lowest BCUT2D eigenvalue weighted by molar-refractivity contribution is -0.126. The van der Waals surface area contributed by atoms with E-state index in [9.17, 15) is 13.6 Å². The molecule has 2 atom stereocenters. The zero-order valence-corrected chi connectivity index (χ0v) is 16.7. The Hall–Kier alpha value is -2.38. The summed E-state index contributed by atoms with van der Waals surface area (Å²) in [6, 6.07) is 3.76. The van der Waals surface area contributed by atoms with Crippen molar-refractivity contribution in [1.82, 2.24) is 16.0 Å². The minimum Gasteiger partial charge on any atom is -0.492 e. The summed E-state index contributed by atoms with van der Waals surface area (Å²) in [5, 5.41) is 9.47. The summed E-state index contributed by atoms with van der Waals surface area (Å²) in [6.07, 6.45) is 3.65. The van der Waals surface area contributed by atoms with Crippen molar-refractivity contribution in [3.8, 4) is 5.75 Å². The van der Waals surface area contributed by atoms with Gasteiger partial charge in [0.1, 0.15) is 12.4 Å². The maximum atomic E-state index is 13.2. The number of carbonyl (C=O) groups excluding carboxylic acids is 1. The number of amides is 1. The quantitative estimate of drug-likeness (QED) is 0.376. The van der Waals surface area contributed by atoms with Crippen molar-refractivity contribution in [1.29, 1.82) is 0 Å². The number of guanidine groups is 1. The van der Waals surface area contributed by atoms with Gasteiger partial charge in [0.05, 0.1) is 6.54 Å². The van der Waals surface area contributed by atoms with Crippen LogP contribution in [0.3, 0.4) is 0 Å². The van der Waals surface area contributed by atoms with E-state index in [4.69, 9.17) is 4.74 Å². The molecular formula is C20H30F2N4O2. The molecular weight excluding hydrogens is 366 g/mol. The van der Waals surface area contributed by atoms with Gasteiger partial charge in [-0.1, -0.05) is 6.42 Å². The molecule has 8 heteroatoms. The van der Waals surface area contributed by atoms with Gasteiger partial charge in [0.25, 0.3) is 0 Å². The molecule has 0 aromatic heterocycles. The van der Waals surface area contributed by atoms with Crippen LogP contribution < -0.4 is 20.7 Å². The molecule has 1 aromatic carbocycles. The minimum absolute atomic E-state index is 0.0171. The lowest BCUT2D eigenvalue weighted by atomic mass is 9.85. The van der Waals surface area contributed by atoms with E-state index in [-0.39, 0.29) is 36.3 Å². The van der Waals surface area contributed by atoms with E-state index < -0.39 is 11.6 Å². The predicted octanol–water partition coefficient (Wildman–Crippen LogP) is 2.59. The van der Waals surface area contributed by atoms with E-state index in [1.807, 2.05) is 13.8 Å². The summed E-state index contributed by atoms with van der Waals surface area (Å²) in [5.74, 6) is -0.800. The number of rotatable bonds is 7. The van der Waals surface area contributed by atoms with Crippen LogP contribution in [-0.4, -0.2) is 44.1 Å². The SMILES string of the molecule is CN=C(NCCOc1ccc(F)c(F)c1)NC1CCCC(C(=O)NC(C)C)C1. The average molecular weight is 396 g/mol. The van der Waals surface area contributed by atoms with Crippen LogP contribution in [-0.2, 0) is 4.79 Å². The molecule has 2 rings (SSSR count). The molecule has 3 N–H and O–H groups in total. The maximum Gasteiger partial charge on any atom is 0.223 e. The van der Waals surface area contributed by atoms with Gasteiger partial charge < -0.3 is 20.7 Å². The van der Waals surface area contributed by atoms with Gasteiger partial charge in [-0.15, -0.1) is 0 Å². The Bertz CT molecular complexity index is 682. The van der Waals surface area contributed by atoms with Crippen LogP contribution in [0.5, 0.6) is 5.75 Å². The molecule has 156 valence electrons. The average Bonchev–Trinajstić information content (AvgIpc) is 2.66. The Morgan fingerprint density at radius 2 is 2.07 bits per heavy atom. The molecule has 0 bridgehead atoms. The van der Waals surface area contributed by atoms with Crippen molar-refractivity contribution in [2.45, 2.75) is 51.6 Å². The van der Waals surface area contributed by atoms with Gasteiger partial charge in [0.2, 0.25) is 5.91 Å². The van der Waals surface area contributed by atoms with E-state index in [1.54, 1.807) is 7.05 Å². The third kappa shape index (κ3) is 6.98. The molecule has 1 amide bonds. The first kappa shape index (κ1) is 21.9. The van der Waals surface area contributed by atoms with Crippen molar-refractivity contribution in [3.63, 3.8) is 0 Å². The zero-order chi connectivity index (χ0) is 20.5. The third-order valence-corrected chi connectivity index (χ3v) is 4.59. The van der Waals surface area contributed by atoms with Crippen LogP contribution in [0.4, 0.5) is 8.78 Å². The third-order valence-electron chi connectivity index (χ3n) is 4.59. The van der Waals surface area contributed by atoms with Crippen molar-refractivity contribution >= 4 is 11.9 Å². The normalized spacial score (nSPS) is 20.0. The molecule has 28 heavy (non-hydrogen) atoms. The van der Waals surface area contributed by atoms with Crippen LogP contribution in [0.15, 0.2) is 23.2 Å². The summed E-state index contributed by atoms with van der Waals surface area (Å²) in [5.41, 5.74) is 0. The van der Waals surface area contributed by atoms with Crippen LogP contribution in [0.2, 0.25) is 0 Å². The number of hydrogen-bond donors (Lipinski definition) is 3. The fraction of sp³-hybridized carbons (Fsp3) is 0.600. The van der Waals surface area contributed by atoms with Crippen molar-refractivity contribution in [2.75, 3.05) is 20.2 Å². The van der Waals surface area contributed by atoms with Crippen molar-refractivity contribution in [3.05, 3.63) is 29.8 Å². The number of carbonyl (C=O) groups is 1. The highest BCUT2D eigenvalue weighted by Gasteiger charge is 2.27. The summed E-state index contributed by atoms with van der Waals surface area (Å²) >= 11 is 0. The second-order valence-electron chi connectivity index (χ2n) is 7.29. The van der Waals surface area contributed by atoms with Gasteiger partial charge in [-0.25, -0.2) is 8.78 Å². The predicted molar refractivity (Wildman–Crippen MR) is 105 cm³/mol. The number of hydrogen-bond acceptors (Lipinski definition) is 3. The van der Waals surface area contributed by atoms with E-state index in [0.717, 1.165) is 37.8 Å². The lowest BCUT2D eigenvalue weighted by Crippen LogP contribution is -2.48. The molecule has 1 aromatic rings. The van der Waals surface area contributed by atoms with Crippen molar-refractivity contribution in [2.24, 2.45) is 10.9 Å². The summed E-state index contributed by atoms with van der Waals surface area (Å²) in [4.78, 5) is 16.4. The number of halogens is 2. The number of benzene rings is 1. The second kappa shape index (κ2) is 10.8. The Kier molecular flexibility index (Phi) is 8.47. The largest absolute Gasteiger partial charge is 0.492 e. The first-order valence-corrected chi connectivity index (χ1v) is 9.74. The zero-order valence-electron chi connectivity index (χ0n) is 16.7. The van der Waals surface area contributed by atoms with Gasteiger partial charge in [-0.05, 0) is 45.2 Å². The van der Waals surface area contributed by atoms with E-state index in [0.29, 0.717) is 12.5 Å². The summed E-state index contributed by atoms with van der Waals surface area (Å²) in [7, 11) is 1.68. The first-order chi connectivity index (χ1) is 13.4. The van der Waals surface area contributed by atoms with Gasteiger partial charge in [0, 0.05) is 31.1 Å². The summed E-state index contributed by atoms with van der Waals surface area (Å²) < 4.78 is 31.5. The molecule has 2 unspecified atom stereocenters. The smallest absolute Gasteiger partial charge is 0.223 e. The molecule has 0 heterocycles. The Balaban J connectivity index is 1.74. The number of aliphatic imine (C=N–C) groups is 1. The van der Waals surface area contributed by atoms with Crippen LogP contribution >= 0.6 is 0 Å². The standard InChI is InChI=1S/C20H30F2N4O2/c1-13(2)25-19(27)14-5-4-6-15(11-14)26-20(23-3)24-9-10-28-16-7-8-17(21)18(22)12-16/h7-8,12-15H,4-6,9-11H2,1-3H3,(H,25,27)(H2,23,24,26). The summed E-state index contributed by atoms with van der Waals surface area (Å²) in [6.45, 7) is 4.65. The molecule has 0 spiro atoms. The van der Waals surface area contributed by atoms with E-state index >= 15 is 0 Å². The van der Waals surface area contributed by atoms with Crippen LogP contribution in [0, 0.1) is 17.6 Å². The van der Waals surface area contributed by atoms with Crippen LogP contribution in [0.1, 0.15) is 39.5 Å². The van der Waals surface area contributed by atoms with Crippen LogP contribution in [0.25, 0.3) is 0 Å². The Morgan fingerprint density at radius 1 is 1.29 bits per heavy atom. The molecule has 1 saturated carbocycles. The van der Waals surface area contributed by atoms with E-state index in [2.05, 4.69) is 20.9 Å². The molecule has 0 radical (unpaired) electrons. The van der Waals surface area contributed by atoms with Gasteiger partial charge in [-0.3, -0.25) is 9.79 Å². The monoisotopic (exact) mass is 396 g/mol.